The number of oxazole rings is 1. The largest absolute Gasteiger partial charge is 0.497 e. The molecule has 0 bridgehead atoms. The third kappa shape index (κ3) is 3.85. The van der Waals surface area contributed by atoms with E-state index in [9.17, 15) is 4.79 Å². The van der Waals surface area contributed by atoms with Gasteiger partial charge in [0, 0.05) is 6.54 Å². The highest BCUT2D eigenvalue weighted by Crippen LogP contribution is 2.18. The summed E-state index contributed by atoms with van der Waals surface area (Å²) in [6, 6.07) is 7.15. The molecular weight excluding hydrogens is 282 g/mol. The lowest BCUT2D eigenvalue weighted by Gasteiger charge is -2.10. The highest BCUT2D eigenvalue weighted by atomic mass is 16.5. The van der Waals surface area contributed by atoms with E-state index in [1.807, 2.05) is 38.1 Å². The number of carbonyl (C=O) groups is 1. The first-order valence-electron chi connectivity index (χ1n) is 7.13. The van der Waals surface area contributed by atoms with Gasteiger partial charge in [-0.25, -0.2) is 4.98 Å². The van der Waals surface area contributed by atoms with E-state index in [4.69, 9.17) is 14.9 Å². The van der Waals surface area contributed by atoms with Crippen LogP contribution in [0.15, 0.2) is 34.9 Å². The molecule has 1 amide bonds. The number of nitrogens with two attached hydrogens (primary N) is 1. The smallest absolute Gasteiger partial charge is 0.273 e. The average Bonchev–Trinajstić information content (AvgIpc) is 3.02. The summed E-state index contributed by atoms with van der Waals surface area (Å²) in [7, 11) is 1.61. The van der Waals surface area contributed by atoms with Gasteiger partial charge in [-0.3, -0.25) is 4.79 Å². The number of aromatic nitrogens is 1. The van der Waals surface area contributed by atoms with Gasteiger partial charge < -0.3 is 20.2 Å². The zero-order valence-electron chi connectivity index (χ0n) is 13.0. The third-order valence-electron chi connectivity index (χ3n) is 3.37. The summed E-state index contributed by atoms with van der Waals surface area (Å²) in [4.78, 5) is 16.2. The standard InChI is InChI=1S/C16H21N3O3/c1-10(2)14(17)16-19-13(9-22-16)15(20)18-8-11-4-6-12(21-3)7-5-11/h4-7,9-10,14H,8,17H2,1-3H3,(H,18,20). The average molecular weight is 303 g/mol. The van der Waals surface area contributed by atoms with Crippen LogP contribution in [0.2, 0.25) is 0 Å². The van der Waals surface area contributed by atoms with Gasteiger partial charge in [-0.2, -0.15) is 0 Å². The Morgan fingerprint density at radius 2 is 2.05 bits per heavy atom. The summed E-state index contributed by atoms with van der Waals surface area (Å²) < 4.78 is 10.4. The lowest BCUT2D eigenvalue weighted by atomic mass is 10.1. The van der Waals surface area contributed by atoms with E-state index in [2.05, 4.69) is 10.3 Å². The molecule has 0 saturated heterocycles. The SMILES string of the molecule is COc1ccc(CNC(=O)c2coc(C(N)C(C)C)n2)cc1. The minimum atomic E-state index is -0.317. The van der Waals surface area contributed by atoms with Gasteiger partial charge in [0.25, 0.3) is 5.91 Å². The molecule has 22 heavy (non-hydrogen) atoms. The highest BCUT2D eigenvalue weighted by Gasteiger charge is 2.19. The van der Waals surface area contributed by atoms with Crippen LogP contribution in [-0.4, -0.2) is 18.0 Å². The van der Waals surface area contributed by atoms with E-state index in [1.54, 1.807) is 7.11 Å². The molecule has 0 fully saturated rings. The van der Waals surface area contributed by atoms with Crippen LogP contribution in [-0.2, 0) is 6.54 Å². The summed E-state index contributed by atoms with van der Waals surface area (Å²) in [5.41, 5.74) is 7.15. The van der Waals surface area contributed by atoms with Crippen LogP contribution in [0.5, 0.6) is 5.75 Å². The molecule has 0 aliphatic rings. The second-order valence-electron chi connectivity index (χ2n) is 5.37. The molecule has 1 unspecified atom stereocenters. The quantitative estimate of drug-likeness (QED) is 0.854. The molecule has 118 valence electrons. The number of amides is 1. The van der Waals surface area contributed by atoms with Crippen LogP contribution in [0.1, 0.15) is 41.8 Å². The zero-order chi connectivity index (χ0) is 16.1. The third-order valence-corrected chi connectivity index (χ3v) is 3.37. The monoisotopic (exact) mass is 303 g/mol. The predicted molar refractivity (Wildman–Crippen MR) is 82.4 cm³/mol. The Bertz CT molecular complexity index is 620. The Labute approximate surface area is 129 Å². The van der Waals surface area contributed by atoms with Gasteiger partial charge in [-0.05, 0) is 23.6 Å². The predicted octanol–water partition coefficient (Wildman–Crippen LogP) is 2.27. The molecule has 0 saturated carbocycles. The van der Waals surface area contributed by atoms with Crippen molar-refractivity contribution in [3.05, 3.63) is 47.7 Å². The van der Waals surface area contributed by atoms with Crippen molar-refractivity contribution < 1.29 is 13.9 Å². The first kappa shape index (κ1) is 16.0. The number of nitrogens with one attached hydrogen (secondary N) is 1. The van der Waals surface area contributed by atoms with E-state index in [0.717, 1.165) is 11.3 Å². The Balaban J connectivity index is 1.94. The van der Waals surface area contributed by atoms with Crippen LogP contribution in [0.3, 0.4) is 0 Å². The van der Waals surface area contributed by atoms with E-state index in [0.29, 0.717) is 12.4 Å². The molecule has 2 aromatic rings. The van der Waals surface area contributed by atoms with Gasteiger partial charge in [-0.1, -0.05) is 26.0 Å². The maximum Gasteiger partial charge on any atom is 0.273 e. The molecule has 1 heterocycles. The summed E-state index contributed by atoms with van der Waals surface area (Å²) in [5.74, 6) is 1.05. The molecule has 1 aromatic carbocycles. The van der Waals surface area contributed by atoms with Crippen LogP contribution in [0, 0.1) is 5.92 Å². The van der Waals surface area contributed by atoms with Crippen LogP contribution in [0.4, 0.5) is 0 Å². The second kappa shape index (κ2) is 7.09. The van der Waals surface area contributed by atoms with Crippen molar-refractivity contribution in [3.8, 4) is 5.75 Å². The zero-order valence-corrected chi connectivity index (χ0v) is 13.0. The summed E-state index contributed by atoms with van der Waals surface area (Å²) >= 11 is 0. The van der Waals surface area contributed by atoms with Crippen molar-refractivity contribution in [2.24, 2.45) is 11.7 Å². The Kier molecular flexibility index (Phi) is 5.16. The molecular formula is C16H21N3O3. The van der Waals surface area contributed by atoms with Crippen LogP contribution >= 0.6 is 0 Å². The minimum absolute atomic E-state index is 0.189. The van der Waals surface area contributed by atoms with Crippen molar-refractivity contribution in [1.29, 1.82) is 0 Å². The summed E-state index contributed by atoms with van der Waals surface area (Å²) in [6.07, 6.45) is 1.33. The fraction of sp³-hybridized carbons (Fsp3) is 0.375. The maximum absolute atomic E-state index is 12.0. The maximum atomic E-state index is 12.0. The number of rotatable bonds is 6. The fourth-order valence-corrected chi connectivity index (χ4v) is 1.85. The van der Waals surface area contributed by atoms with Crippen LogP contribution in [0.25, 0.3) is 0 Å². The van der Waals surface area contributed by atoms with Gasteiger partial charge in [0.2, 0.25) is 5.89 Å². The molecule has 3 N–H and O–H groups in total. The molecule has 0 spiro atoms. The normalized spacial score (nSPS) is 12.2. The molecule has 0 radical (unpaired) electrons. The van der Waals surface area contributed by atoms with Gasteiger partial charge in [0.1, 0.15) is 12.0 Å². The van der Waals surface area contributed by atoms with Crippen LogP contribution < -0.4 is 15.8 Å². The molecule has 1 atom stereocenters. The molecule has 6 nitrogen and oxygen atoms in total. The number of benzene rings is 1. The second-order valence-corrected chi connectivity index (χ2v) is 5.37. The molecule has 1 aromatic heterocycles. The van der Waals surface area contributed by atoms with Gasteiger partial charge >= 0.3 is 0 Å². The molecule has 0 aliphatic carbocycles. The van der Waals surface area contributed by atoms with E-state index < -0.39 is 0 Å². The van der Waals surface area contributed by atoms with Crippen molar-refractivity contribution >= 4 is 5.91 Å². The lowest BCUT2D eigenvalue weighted by Crippen LogP contribution is -2.23. The Morgan fingerprint density at radius 3 is 2.64 bits per heavy atom. The molecule has 0 aliphatic heterocycles. The number of hydrogen-bond donors (Lipinski definition) is 2. The first-order chi connectivity index (χ1) is 10.5. The first-order valence-corrected chi connectivity index (χ1v) is 7.13. The summed E-state index contributed by atoms with van der Waals surface area (Å²) in [5, 5.41) is 2.79. The molecule has 2 rings (SSSR count). The van der Waals surface area contributed by atoms with Crippen molar-refractivity contribution in [3.63, 3.8) is 0 Å². The number of nitrogens with zero attached hydrogens (tertiary/aromatic N) is 1. The number of methoxy groups -OCH3 is 1. The van der Waals surface area contributed by atoms with E-state index in [1.165, 1.54) is 6.26 Å². The van der Waals surface area contributed by atoms with E-state index in [-0.39, 0.29) is 23.6 Å². The lowest BCUT2D eigenvalue weighted by molar-refractivity contribution is 0.0946. The number of carbonyl (C=O) groups excluding carboxylic acids is 1. The Morgan fingerprint density at radius 1 is 1.36 bits per heavy atom. The Hall–Kier alpha value is -2.34. The van der Waals surface area contributed by atoms with Crippen molar-refractivity contribution in [2.75, 3.05) is 7.11 Å². The summed E-state index contributed by atoms with van der Waals surface area (Å²) in [6.45, 7) is 4.35. The molecule has 6 heteroatoms. The topological polar surface area (TPSA) is 90.4 Å². The fourth-order valence-electron chi connectivity index (χ4n) is 1.85. The van der Waals surface area contributed by atoms with Gasteiger partial charge in [-0.15, -0.1) is 0 Å². The van der Waals surface area contributed by atoms with Crippen molar-refractivity contribution in [2.45, 2.75) is 26.4 Å². The van der Waals surface area contributed by atoms with E-state index >= 15 is 0 Å². The van der Waals surface area contributed by atoms with Gasteiger partial charge in [0.15, 0.2) is 5.69 Å². The van der Waals surface area contributed by atoms with Gasteiger partial charge in [0.05, 0.1) is 13.2 Å². The number of ether oxygens (including phenoxy) is 1. The minimum Gasteiger partial charge on any atom is -0.497 e. The van der Waals surface area contributed by atoms with Crippen molar-refractivity contribution in [1.82, 2.24) is 10.3 Å². The highest BCUT2D eigenvalue weighted by molar-refractivity contribution is 5.91. The number of hydrogen-bond acceptors (Lipinski definition) is 5.